The van der Waals surface area contributed by atoms with E-state index in [0.717, 1.165) is 22.6 Å². The fraction of sp³-hybridized carbons (Fsp3) is 0.444. The Morgan fingerprint density at radius 2 is 2.16 bits per heavy atom. The average Bonchev–Trinajstić information content (AvgIpc) is 2.90. The number of ether oxygens (including phenoxy) is 1. The number of aryl methyl sites for hydroxylation is 3. The molecule has 1 amide bonds. The first-order valence-electron chi connectivity index (χ1n) is 8.12. The molecular weight excluding hydrogens is 344 g/mol. The van der Waals surface area contributed by atoms with Gasteiger partial charge >= 0.3 is 0 Å². The predicted octanol–water partition coefficient (Wildman–Crippen LogP) is 2.74. The Bertz CT molecular complexity index is 710. The Labute approximate surface area is 152 Å². The molecule has 0 bridgehead atoms. The summed E-state index contributed by atoms with van der Waals surface area (Å²) in [7, 11) is 0. The topological polar surface area (TPSA) is 84.6 Å². The van der Waals surface area contributed by atoms with Gasteiger partial charge in [-0.2, -0.15) is 0 Å². The van der Waals surface area contributed by atoms with E-state index in [-0.39, 0.29) is 19.1 Å². The molecule has 1 heterocycles. The van der Waals surface area contributed by atoms with Gasteiger partial charge in [-0.1, -0.05) is 16.8 Å². The van der Waals surface area contributed by atoms with E-state index in [2.05, 4.69) is 10.5 Å². The quantitative estimate of drug-likeness (QED) is 0.750. The highest BCUT2D eigenvalue weighted by molar-refractivity contribution is 6.31. The molecule has 0 radical (unpaired) electrons. The van der Waals surface area contributed by atoms with E-state index in [1.807, 2.05) is 20.8 Å². The minimum Gasteiger partial charge on any atom is -0.491 e. The summed E-state index contributed by atoms with van der Waals surface area (Å²) in [6, 6.07) is 5.29. The second-order valence-corrected chi connectivity index (χ2v) is 6.39. The SMILES string of the molecule is Cc1cc(OC[C@@H](O)CNC(=O)CCc2c(C)noc2C)ccc1Cl. The van der Waals surface area contributed by atoms with Gasteiger partial charge in [0.15, 0.2) is 0 Å². The molecule has 0 spiro atoms. The molecule has 2 N–H and O–H groups in total. The molecule has 0 fully saturated rings. The van der Waals surface area contributed by atoms with Gasteiger partial charge in [0.2, 0.25) is 5.91 Å². The lowest BCUT2D eigenvalue weighted by Crippen LogP contribution is -2.35. The van der Waals surface area contributed by atoms with Gasteiger partial charge in [0.1, 0.15) is 24.2 Å². The summed E-state index contributed by atoms with van der Waals surface area (Å²) in [5.74, 6) is 1.23. The normalized spacial score (nSPS) is 12.0. The maximum absolute atomic E-state index is 11.9. The molecule has 1 atom stereocenters. The molecule has 0 saturated heterocycles. The third kappa shape index (κ3) is 5.76. The molecule has 1 aromatic heterocycles. The molecule has 0 aliphatic carbocycles. The third-order valence-electron chi connectivity index (χ3n) is 3.89. The van der Waals surface area contributed by atoms with E-state index in [4.69, 9.17) is 20.9 Å². The van der Waals surface area contributed by atoms with Gasteiger partial charge < -0.3 is 19.7 Å². The lowest BCUT2D eigenvalue weighted by atomic mass is 10.1. The zero-order valence-electron chi connectivity index (χ0n) is 14.6. The Balaban J connectivity index is 1.69. The largest absolute Gasteiger partial charge is 0.491 e. The van der Waals surface area contributed by atoms with E-state index < -0.39 is 6.10 Å². The number of benzene rings is 1. The first-order valence-corrected chi connectivity index (χ1v) is 8.50. The number of aliphatic hydroxyl groups excluding tert-OH is 1. The van der Waals surface area contributed by atoms with Crippen LogP contribution < -0.4 is 10.1 Å². The standard InChI is InChI=1S/C18H23ClN2O4/c1-11-8-15(4-6-17(11)19)24-10-14(22)9-20-18(23)7-5-16-12(2)21-25-13(16)3/h4,6,8,14,22H,5,7,9-10H2,1-3H3,(H,20,23)/t14-/m0/s1. The highest BCUT2D eigenvalue weighted by Crippen LogP contribution is 2.21. The van der Waals surface area contributed by atoms with Crippen LogP contribution in [-0.2, 0) is 11.2 Å². The van der Waals surface area contributed by atoms with Crippen LogP contribution in [0.5, 0.6) is 5.75 Å². The molecule has 136 valence electrons. The van der Waals surface area contributed by atoms with Gasteiger partial charge in [-0.3, -0.25) is 4.79 Å². The average molecular weight is 367 g/mol. The molecule has 0 saturated carbocycles. The number of nitrogens with one attached hydrogen (secondary N) is 1. The van der Waals surface area contributed by atoms with Crippen molar-refractivity contribution in [3.8, 4) is 5.75 Å². The van der Waals surface area contributed by atoms with Crippen LogP contribution in [0.15, 0.2) is 22.7 Å². The van der Waals surface area contributed by atoms with Crippen LogP contribution in [-0.4, -0.2) is 35.4 Å². The zero-order valence-corrected chi connectivity index (χ0v) is 15.4. The fourth-order valence-corrected chi connectivity index (χ4v) is 2.49. The number of amides is 1. The minimum atomic E-state index is -0.793. The number of hydrogen-bond donors (Lipinski definition) is 2. The van der Waals surface area contributed by atoms with Crippen molar-refractivity contribution < 1.29 is 19.2 Å². The van der Waals surface area contributed by atoms with E-state index in [1.165, 1.54) is 0 Å². The number of hydrogen-bond acceptors (Lipinski definition) is 5. The van der Waals surface area contributed by atoms with Crippen LogP contribution in [0.2, 0.25) is 5.02 Å². The smallest absolute Gasteiger partial charge is 0.220 e. The Kier molecular flexibility index (Phi) is 6.84. The number of halogens is 1. The molecule has 1 aromatic carbocycles. The molecule has 25 heavy (non-hydrogen) atoms. The molecular formula is C18H23ClN2O4. The van der Waals surface area contributed by atoms with Crippen LogP contribution in [0.1, 0.15) is 29.0 Å². The van der Waals surface area contributed by atoms with E-state index in [1.54, 1.807) is 18.2 Å². The van der Waals surface area contributed by atoms with Crippen molar-refractivity contribution in [3.05, 3.63) is 45.8 Å². The van der Waals surface area contributed by atoms with E-state index in [9.17, 15) is 9.90 Å². The van der Waals surface area contributed by atoms with Gasteiger partial charge in [-0.15, -0.1) is 0 Å². The highest BCUT2D eigenvalue weighted by Gasteiger charge is 2.12. The number of carbonyl (C=O) groups is 1. The van der Waals surface area contributed by atoms with Gasteiger partial charge in [0.25, 0.3) is 0 Å². The third-order valence-corrected chi connectivity index (χ3v) is 4.31. The van der Waals surface area contributed by atoms with Gasteiger partial charge in [0, 0.05) is 23.6 Å². The van der Waals surface area contributed by atoms with Crippen LogP contribution >= 0.6 is 11.6 Å². The molecule has 7 heteroatoms. The number of nitrogens with zero attached hydrogens (tertiary/aromatic N) is 1. The summed E-state index contributed by atoms with van der Waals surface area (Å²) in [6.07, 6.45) is 0.0789. The van der Waals surface area contributed by atoms with Crippen LogP contribution in [0, 0.1) is 20.8 Å². The van der Waals surface area contributed by atoms with Crippen molar-refractivity contribution in [2.24, 2.45) is 0 Å². The molecule has 0 aliphatic heterocycles. The lowest BCUT2D eigenvalue weighted by molar-refractivity contribution is -0.121. The number of aliphatic hydroxyl groups is 1. The molecule has 6 nitrogen and oxygen atoms in total. The molecule has 0 aliphatic rings. The summed E-state index contributed by atoms with van der Waals surface area (Å²) in [5, 5.41) is 17.2. The number of aromatic nitrogens is 1. The van der Waals surface area contributed by atoms with Crippen molar-refractivity contribution in [2.75, 3.05) is 13.2 Å². The van der Waals surface area contributed by atoms with Crippen LogP contribution in [0.3, 0.4) is 0 Å². The Morgan fingerprint density at radius 3 is 2.80 bits per heavy atom. The zero-order chi connectivity index (χ0) is 18.4. The lowest BCUT2D eigenvalue weighted by Gasteiger charge is -2.14. The monoisotopic (exact) mass is 366 g/mol. The Hall–Kier alpha value is -2.05. The van der Waals surface area contributed by atoms with Crippen LogP contribution in [0.25, 0.3) is 0 Å². The second kappa shape index (κ2) is 8.87. The van der Waals surface area contributed by atoms with Crippen molar-refractivity contribution in [1.29, 1.82) is 0 Å². The second-order valence-electron chi connectivity index (χ2n) is 5.98. The summed E-state index contributed by atoms with van der Waals surface area (Å²) in [5.41, 5.74) is 2.66. The molecule has 0 unspecified atom stereocenters. The first-order chi connectivity index (χ1) is 11.9. The van der Waals surface area contributed by atoms with E-state index in [0.29, 0.717) is 23.6 Å². The van der Waals surface area contributed by atoms with Crippen molar-refractivity contribution in [3.63, 3.8) is 0 Å². The van der Waals surface area contributed by atoms with Gasteiger partial charge in [-0.05, 0) is 51.0 Å². The minimum absolute atomic E-state index is 0.0885. The summed E-state index contributed by atoms with van der Waals surface area (Å²) in [6.45, 7) is 5.78. The van der Waals surface area contributed by atoms with Crippen LogP contribution in [0.4, 0.5) is 0 Å². The highest BCUT2D eigenvalue weighted by atomic mass is 35.5. The predicted molar refractivity (Wildman–Crippen MR) is 95.0 cm³/mol. The molecule has 2 aromatic rings. The first kappa shape index (κ1) is 19.3. The van der Waals surface area contributed by atoms with Gasteiger partial charge in [0.05, 0.1) is 5.69 Å². The molecule has 2 rings (SSSR count). The Morgan fingerprint density at radius 1 is 1.40 bits per heavy atom. The van der Waals surface area contributed by atoms with Crippen molar-refractivity contribution in [2.45, 2.75) is 39.7 Å². The van der Waals surface area contributed by atoms with Crippen molar-refractivity contribution in [1.82, 2.24) is 10.5 Å². The number of rotatable bonds is 8. The summed E-state index contributed by atoms with van der Waals surface area (Å²) < 4.78 is 10.6. The maximum atomic E-state index is 11.9. The summed E-state index contributed by atoms with van der Waals surface area (Å²) >= 11 is 5.95. The van der Waals surface area contributed by atoms with E-state index >= 15 is 0 Å². The van der Waals surface area contributed by atoms with Crippen molar-refractivity contribution >= 4 is 17.5 Å². The maximum Gasteiger partial charge on any atom is 0.220 e. The summed E-state index contributed by atoms with van der Waals surface area (Å²) in [4.78, 5) is 11.9. The fourth-order valence-electron chi connectivity index (χ4n) is 2.38. The number of carbonyl (C=O) groups excluding carboxylic acids is 1. The van der Waals surface area contributed by atoms with Gasteiger partial charge in [-0.25, -0.2) is 0 Å².